The molecule has 0 spiro atoms. The van der Waals surface area contributed by atoms with Gasteiger partial charge >= 0.3 is 0 Å². The molecule has 122 valence electrons. The van der Waals surface area contributed by atoms with E-state index in [0.717, 1.165) is 28.4 Å². The SMILES string of the molecule is CCCNCc1ccc(S(=O)(=O)N(C)CCS(C)(=O)=O)s1. The van der Waals surface area contributed by atoms with Gasteiger partial charge in [-0.05, 0) is 25.1 Å². The molecule has 0 saturated heterocycles. The minimum atomic E-state index is -3.61. The normalized spacial score (nSPS) is 13.0. The van der Waals surface area contributed by atoms with Crippen LogP contribution in [0.1, 0.15) is 18.2 Å². The third-order valence-corrected chi connectivity index (χ3v) is 7.14. The molecule has 0 atom stereocenters. The molecular weight excluding hydrogens is 332 g/mol. The summed E-state index contributed by atoms with van der Waals surface area (Å²) < 4.78 is 48.2. The van der Waals surface area contributed by atoms with Crippen molar-refractivity contribution in [1.29, 1.82) is 0 Å². The van der Waals surface area contributed by atoms with E-state index < -0.39 is 19.9 Å². The minimum absolute atomic E-state index is 0.0392. The fraction of sp³-hybridized carbons (Fsp3) is 0.667. The first-order chi connectivity index (χ1) is 9.66. The molecule has 6 nitrogen and oxygen atoms in total. The van der Waals surface area contributed by atoms with Crippen LogP contribution in [-0.4, -0.2) is 53.3 Å². The molecule has 0 bridgehead atoms. The predicted molar refractivity (Wildman–Crippen MR) is 85.8 cm³/mol. The van der Waals surface area contributed by atoms with E-state index in [4.69, 9.17) is 0 Å². The Kier molecular flexibility index (Phi) is 6.79. The molecule has 0 aliphatic carbocycles. The summed E-state index contributed by atoms with van der Waals surface area (Å²) in [5, 5.41) is 3.21. The van der Waals surface area contributed by atoms with Crippen molar-refractivity contribution in [2.45, 2.75) is 24.1 Å². The topological polar surface area (TPSA) is 83.6 Å². The van der Waals surface area contributed by atoms with Gasteiger partial charge in [0.2, 0.25) is 0 Å². The van der Waals surface area contributed by atoms with Crippen LogP contribution in [0.25, 0.3) is 0 Å². The van der Waals surface area contributed by atoms with E-state index in [9.17, 15) is 16.8 Å². The van der Waals surface area contributed by atoms with Crippen LogP contribution in [0.5, 0.6) is 0 Å². The second kappa shape index (κ2) is 7.68. The fourth-order valence-electron chi connectivity index (χ4n) is 1.55. The smallest absolute Gasteiger partial charge is 0.252 e. The van der Waals surface area contributed by atoms with Crippen LogP contribution in [0.3, 0.4) is 0 Å². The summed E-state index contributed by atoms with van der Waals surface area (Å²) in [4.78, 5) is 0.943. The maximum Gasteiger partial charge on any atom is 0.252 e. The second-order valence-corrected chi connectivity index (χ2v) is 10.6. The number of hydrogen-bond donors (Lipinski definition) is 1. The van der Waals surface area contributed by atoms with Crippen molar-refractivity contribution in [3.8, 4) is 0 Å². The van der Waals surface area contributed by atoms with Gasteiger partial charge in [-0.2, -0.15) is 4.31 Å². The Bertz CT molecular complexity index is 650. The zero-order valence-corrected chi connectivity index (χ0v) is 14.9. The molecular formula is C12H22N2O4S3. The van der Waals surface area contributed by atoms with Gasteiger partial charge in [0.15, 0.2) is 0 Å². The summed E-state index contributed by atoms with van der Waals surface area (Å²) in [5.74, 6) is -0.182. The van der Waals surface area contributed by atoms with Gasteiger partial charge in [0.05, 0.1) is 5.75 Å². The van der Waals surface area contributed by atoms with Crippen molar-refractivity contribution in [3.63, 3.8) is 0 Å². The maximum absolute atomic E-state index is 12.3. The lowest BCUT2D eigenvalue weighted by molar-refractivity contribution is 0.486. The predicted octanol–water partition coefficient (Wildman–Crippen LogP) is 0.913. The fourth-order valence-corrected chi connectivity index (χ4v) is 4.98. The lowest BCUT2D eigenvalue weighted by Crippen LogP contribution is -2.31. The average molecular weight is 355 g/mol. The third-order valence-electron chi connectivity index (χ3n) is 2.80. The Labute approximate surface area is 131 Å². The van der Waals surface area contributed by atoms with Gasteiger partial charge in [0.1, 0.15) is 14.0 Å². The summed E-state index contributed by atoms with van der Waals surface area (Å²) in [5.41, 5.74) is 0. The maximum atomic E-state index is 12.3. The highest BCUT2D eigenvalue weighted by molar-refractivity contribution is 7.91. The Morgan fingerprint density at radius 3 is 2.48 bits per heavy atom. The molecule has 9 heteroatoms. The van der Waals surface area contributed by atoms with E-state index in [1.165, 1.54) is 18.4 Å². The van der Waals surface area contributed by atoms with E-state index >= 15 is 0 Å². The first-order valence-electron chi connectivity index (χ1n) is 6.60. The van der Waals surface area contributed by atoms with Gasteiger partial charge in [0, 0.05) is 31.3 Å². The van der Waals surface area contributed by atoms with Crippen molar-refractivity contribution in [2.24, 2.45) is 0 Å². The molecule has 1 rings (SSSR count). The number of rotatable bonds is 9. The van der Waals surface area contributed by atoms with Crippen molar-refractivity contribution in [1.82, 2.24) is 9.62 Å². The van der Waals surface area contributed by atoms with Gasteiger partial charge in [-0.3, -0.25) is 0 Å². The summed E-state index contributed by atoms with van der Waals surface area (Å²) in [6.45, 7) is 3.55. The van der Waals surface area contributed by atoms with Crippen LogP contribution < -0.4 is 5.32 Å². The van der Waals surface area contributed by atoms with E-state index in [2.05, 4.69) is 12.2 Å². The molecule has 0 amide bonds. The summed E-state index contributed by atoms with van der Waals surface area (Å²) in [7, 11) is -5.40. The molecule has 1 aromatic heterocycles. The van der Waals surface area contributed by atoms with Gasteiger partial charge in [-0.25, -0.2) is 16.8 Å². The molecule has 0 aromatic carbocycles. The molecule has 1 N–H and O–H groups in total. The number of sulfonamides is 1. The molecule has 0 aliphatic heterocycles. The highest BCUT2D eigenvalue weighted by atomic mass is 32.2. The number of thiophene rings is 1. The average Bonchev–Trinajstić information content (AvgIpc) is 2.84. The van der Waals surface area contributed by atoms with Gasteiger partial charge < -0.3 is 5.32 Å². The second-order valence-electron chi connectivity index (χ2n) is 4.85. The van der Waals surface area contributed by atoms with Crippen molar-refractivity contribution in [2.75, 3.05) is 32.1 Å². The quantitative estimate of drug-likeness (QED) is 0.667. The zero-order valence-electron chi connectivity index (χ0n) is 12.5. The van der Waals surface area contributed by atoms with E-state index in [-0.39, 0.29) is 16.5 Å². The van der Waals surface area contributed by atoms with E-state index in [1.54, 1.807) is 12.1 Å². The number of sulfone groups is 1. The van der Waals surface area contributed by atoms with Crippen LogP contribution in [-0.2, 0) is 26.4 Å². The molecule has 1 heterocycles. The molecule has 0 fully saturated rings. The van der Waals surface area contributed by atoms with Crippen LogP contribution >= 0.6 is 11.3 Å². The summed E-state index contributed by atoms with van der Waals surface area (Å²) in [6, 6.07) is 3.35. The van der Waals surface area contributed by atoms with Crippen LogP contribution in [0, 0.1) is 0 Å². The van der Waals surface area contributed by atoms with Gasteiger partial charge in [0.25, 0.3) is 10.0 Å². The Balaban J connectivity index is 2.73. The first-order valence-corrected chi connectivity index (χ1v) is 10.9. The van der Waals surface area contributed by atoms with Crippen molar-refractivity contribution >= 4 is 31.2 Å². The molecule has 0 radical (unpaired) electrons. The Morgan fingerprint density at radius 2 is 1.90 bits per heavy atom. The van der Waals surface area contributed by atoms with Crippen LogP contribution in [0.15, 0.2) is 16.3 Å². The molecule has 0 saturated carbocycles. The molecule has 0 aliphatic rings. The van der Waals surface area contributed by atoms with Crippen LogP contribution in [0.4, 0.5) is 0 Å². The zero-order chi connectivity index (χ0) is 16.1. The van der Waals surface area contributed by atoms with Gasteiger partial charge in [-0.1, -0.05) is 6.92 Å². The monoisotopic (exact) mass is 354 g/mol. The Morgan fingerprint density at radius 1 is 1.24 bits per heavy atom. The largest absolute Gasteiger partial charge is 0.312 e. The first kappa shape index (κ1) is 18.6. The lowest BCUT2D eigenvalue weighted by Gasteiger charge is -2.15. The number of hydrogen-bond acceptors (Lipinski definition) is 6. The van der Waals surface area contributed by atoms with E-state index in [1.807, 2.05) is 0 Å². The molecule has 0 unspecified atom stereocenters. The van der Waals surface area contributed by atoms with Gasteiger partial charge in [-0.15, -0.1) is 11.3 Å². The molecule has 21 heavy (non-hydrogen) atoms. The number of nitrogens with one attached hydrogen (secondary N) is 1. The van der Waals surface area contributed by atoms with Crippen molar-refractivity contribution in [3.05, 3.63) is 17.0 Å². The highest BCUT2D eigenvalue weighted by Crippen LogP contribution is 2.24. The van der Waals surface area contributed by atoms with Crippen molar-refractivity contribution < 1.29 is 16.8 Å². The highest BCUT2D eigenvalue weighted by Gasteiger charge is 2.23. The third kappa shape index (κ3) is 6.03. The summed E-state index contributed by atoms with van der Waals surface area (Å²) >= 11 is 1.21. The lowest BCUT2D eigenvalue weighted by atomic mass is 10.4. The standard InChI is InChI=1S/C12H22N2O4S3/c1-4-7-13-10-11-5-6-12(19-11)21(17,18)14(2)8-9-20(3,15)16/h5-6,13H,4,7-10H2,1-3H3. The number of nitrogens with zero attached hydrogens (tertiary/aromatic N) is 1. The minimum Gasteiger partial charge on any atom is -0.312 e. The summed E-state index contributed by atoms with van der Waals surface area (Å²) in [6.07, 6.45) is 2.11. The van der Waals surface area contributed by atoms with E-state index in [0.29, 0.717) is 6.54 Å². The molecule has 1 aromatic rings. The Hall–Kier alpha value is -0.480. The van der Waals surface area contributed by atoms with Crippen LogP contribution in [0.2, 0.25) is 0 Å².